The van der Waals surface area contributed by atoms with E-state index in [1.54, 1.807) is 12.1 Å². The van der Waals surface area contributed by atoms with Crippen molar-refractivity contribution in [1.82, 2.24) is 4.90 Å². The lowest BCUT2D eigenvalue weighted by Gasteiger charge is -2.33. The molecule has 1 heterocycles. The number of hydrogen-bond acceptors (Lipinski definition) is 4. The molecule has 0 N–H and O–H groups in total. The minimum Gasteiger partial charge on any atom is -0.283 e. The molecule has 152 valence electrons. The van der Waals surface area contributed by atoms with Crippen LogP contribution in [0.2, 0.25) is 0 Å². The van der Waals surface area contributed by atoms with E-state index in [-0.39, 0.29) is 0 Å². The van der Waals surface area contributed by atoms with Gasteiger partial charge < -0.3 is 0 Å². The Labute approximate surface area is 174 Å². The summed E-state index contributed by atoms with van der Waals surface area (Å²) >= 11 is 1.83. The number of sulfone groups is 1. The van der Waals surface area contributed by atoms with E-state index < -0.39 is 15.2 Å². The maximum Gasteiger partial charge on any atom is 0.194 e. The smallest absolute Gasteiger partial charge is 0.194 e. The molecule has 0 radical (unpaired) electrons. The molecule has 0 spiro atoms. The average Bonchev–Trinajstić information content (AvgIpc) is 3.16. The second-order valence-electron chi connectivity index (χ2n) is 7.94. The molecule has 3 rings (SSSR count). The van der Waals surface area contributed by atoms with Gasteiger partial charge in [0.25, 0.3) is 0 Å². The van der Waals surface area contributed by atoms with Crippen LogP contribution in [0.4, 0.5) is 0 Å². The Morgan fingerprint density at radius 3 is 2.29 bits per heavy atom. The van der Waals surface area contributed by atoms with Crippen molar-refractivity contribution in [2.75, 3.05) is 12.3 Å². The number of thioether (sulfide) groups is 1. The topological polar surface area (TPSA) is 37.4 Å². The highest BCUT2D eigenvalue weighted by Gasteiger charge is 2.38. The van der Waals surface area contributed by atoms with Crippen molar-refractivity contribution in [1.29, 1.82) is 0 Å². The first-order valence-electron chi connectivity index (χ1n) is 10.2. The molecule has 1 saturated heterocycles. The summed E-state index contributed by atoms with van der Waals surface area (Å²) in [7, 11) is -3.38. The summed E-state index contributed by atoms with van der Waals surface area (Å²) in [4.78, 5) is 3.98. The molecule has 2 aromatic rings. The molecule has 0 saturated carbocycles. The van der Waals surface area contributed by atoms with E-state index in [0.29, 0.717) is 23.3 Å². The fourth-order valence-corrected chi connectivity index (χ4v) is 6.89. The molecule has 1 fully saturated rings. The Morgan fingerprint density at radius 1 is 1.00 bits per heavy atom. The van der Waals surface area contributed by atoms with Crippen LogP contribution in [0.15, 0.2) is 70.5 Å². The van der Waals surface area contributed by atoms with E-state index in [0.717, 1.165) is 31.6 Å². The third-order valence-corrected chi connectivity index (χ3v) is 8.71. The van der Waals surface area contributed by atoms with Gasteiger partial charge in [0.2, 0.25) is 0 Å². The van der Waals surface area contributed by atoms with Gasteiger partial charge in [-0.05, 0) is 62.4 Å². The van der Waals surface area contributed by atoms with Crippen LogP contribution in [0.3, 0.4) is 0 Å². The SMILES string of the molecule is CC(C)CCC(N1CCCC1CSc1ccccc1)S(=O)(=O)c1ccccc1. The summed E-state index contributed by atoms with van der Waals surface area (Å²) in [5.74, 6) is 1.43. The normalized spacial score (nSPS) is 19.2. The number of benzene rings is 2. The quantitative estimate of drug-likeness (QED) is 0.506. The second kappa shape index (κ2) is 9.95. The van der Waals surface area contributed by atoms with Crippen molar-refractivity contribution in [3.8, 4) is 0 Å². The Kier molecular flexibility index (Phi) is 7.61. The van der Waals surface area contributed by atoms with Gasteiger partial charge in [-0.1, -0.05) is 50.2 Å². The van der Waals surface area contributed by atoms with Gasteiger partial charge in [-0.25, -0.2) is 8.42 Å². The van der Waals surface area contributed by atoms with E-state index >= 15 is 0 Å². The Hall–Kier alpha value is -1.30. The van der Waals surface area contributed by atoms with Crippen LogP contribution < -0.4 is 0 Å². The standard InChI is InChI=1S/C23H31NO2S2/c1-19(2)15-16-23(28(25,26)22-13-7-4-8-14-22)24-17-9-10-20(24)18-27-21-11-5-3-6-12-21/h3-8,11-14,19-20,23H,9-10,15-18H2,1-2H3. The first-order valence-corrected chi connectivity index (χ1v) is 12.7. The molecule has 1 aliphatic rings. The summed E-state index contributed by atoms with van der Waals surface area (Å²) in [6, 6.07) is 19.7. The minimum atomic E-state index is -3.38. The van der Waals surface area contributed by atoms with Crippen LogP contribution in [0.1, 0.15) is 39.5 Å². The molecule has 3 nitrogen and oxygen atoms in total. The van der Waals surface area contributed by atoms with Gasteiger partial charge in [0.1, 0.15) is 5.37 Å². The molecular weight excluding hydrogens is 386 g/mol. The fraction of sp³-hybridized carbons (Fsp3) is 0.478. The number of likely N-dealkylation sites (tertiary alicyclic amines) is 1. The van der Waals surface area contributed by atoms with Gasteiger partial charge in [-0.3, -0.25) is 4.90 Å². The zero-order chi connectivity index (χ0) is 20.0. The molecule has 0 aromatic heterocycles. The van der Waals surface area contributed by atoms with Gasteiger partial charge in [0.05, 0.1) is 4.90 Å². The molecule has 0 bridgehead atoms. The molecule has 0 amide bonds. The van der Waals surface area contributed by atoms with E-state index in [1.165, 1.54) is 4.90 Å². The number of rotatable bonds is 9. The van der Waals surface area contributed by atoms with Crippen molar-refractivity contribution in [2.45, 2.75) is 60.7 Å². The molecular formula is C23H31NO2S2. The molecule has 2 atom stereocenters. The minimum absolute atomic E-state index is 0.306. The zero-order valence-electron chi connectivity index (χ0n) is 16.8. The molecule has 5 heteroatoms. The first-order chi connectivity index (χ1) is 13.5. The van der Waals surface area contributed by atoms with Gasteiger partial charge >= 0.3 is 0 Å². The third-order valence-electron chi connectivity index (χ3n) is 5.40. The van der Waals surface area contributed by atoms with Crippen LogP contribution in [0.5, 0.6) is 0 Å². The van der Waals surface area contributed by atoms with Crippen molar-refractivity contribution in [3.63, 3.8) is 0 Å². The highest BCUT2D eigenvalue weighted by molar-refractivity contribution is 7.99. The van der Waals surface area contributed by atoms with Crippen LogP contribution in [0, 0.1) is 5.92 Å². The largest absolute Gasteiger partial charge is 0.283 e. The van der Waals surface area contributed by atoms with Crippen LogP contribution >= 0.6 is 11.8 Å². The molecule has 2 aromatic carbocycles. The van der Waals surface area contributed by atoms with E-state index in [4.69, 9.17) is 0 Å². The Bertz CT molecular complexity index is 822. The van der Waals surface area contributed by atoms with Crippen molar-refractivity contribution >= 4 is 21.6 Å². The lowest BCUT2D eigenvalue weighted by atomic mass is 10.1. The van der Waals surface area contributed by atoms with Crippen molar-refractivity contribution in [2.24, 2.45) is 5.92 Å². The van der Waals surface area contributed by atoms with Crippen molar-refractivity contribution in [3.05, 3.63) is 60.7 Å². The van der Waals surface area contributed by atoms with E-state index in [1.807, 2.05) is 36.0 Å². The monoisotopic (exact) mass is 417 g/mol. The Balaban J connectivity index is 1.80. The fourth-order valence-electron chi connectivity index (χ4n) is 3.87. The average molecular weight is 418 g/mol. The summed E-state index contributed by atoms with van der Waals surface area (Å²) in [6.45, 7) is 5.20. The number of nitrogens with zero attached hydrogens (tertiary/aromatic N) is 1. The zero-order valence-corrected chi connectivity index (χ0v) is 18.5. The van der Waals surface area contributed by atoms with Gasteiger partial charge in [-0.15, -0.1) is 11.8 Å². The first kappa shape index (κ1) is 21.4. The van der Waals surface area contributed by atoms with Gasteiger partial charge in [-0.2, -0.15) is 0 Å². The van der Waals surface area contributed by atoms with E-state index in [9.17, 15) is 8.42 Å². The highest BCUT2D eigenvalue weighted by Crippen LogP contribution is 2.33. The maximum absolute atomic E-state index is 13.5. The molecule has 28 heavy (non-hydrogen) atoms. The van der Waals surface area contributed by atoms with E-state index in [2.05, 4.69) is 43.0 Å². The molecule has 2 unspecified atom stereocenters. The van der Waals surface area contributed by atoms with Crippen LogP contribution in [0.25, 0.3) is 0 Å². The molecule has 0 aliphatic carbocycles. The molecule has 1 aliphatic heterocycles. The Morgan fingerprint density at radius 2 is 1.64 bits per heavy atom. The summed E-state index contributed by atoms with van der Waals surface area (Å²) in [6.07, 6.45) is 3.76. The predicted octanol–water partition coefficient (Wildman–Crippen LogP) is 5.48. The third kappa shape index (κ3) is 5.40. The summed E-state index contributed by atoms with van der Waals surface area (Å²) < 4.78 is 27.0. The summed E-state index contributed by atoms with van der Waals surface area (Å²) in [5, 5.41) is -0.429. The van der Waals surface area contributed by atoms with Crippen LogP contribution in [-0.2, 0) is 9.84 Å². The maximum atomic E-state index is 13.5. The lowest BCUT2D eigenvalue weighted by molar-refractivity contribution is 0.228. The van der Waals surface area contributed by atoms with Gasteiger partial charge in [0.15, 0.2) is 9.84 Å². The predicted molar refractivity (Wildman–Crippen MR) is 118 cm³/mol. The van der Waals surface area contributed by atoms with Crippen LogP contribution in [-0.4, -0.2) is 37.0 Å². The van der Waals surface area contributed by atoms with Gasteiger partial charge in [0, 0.05) is 16.7 Å². The number of hydrogen-bond donors (Lipinski definition) is 0. The second-order valence-corrected chi connectivity index (χ2v) is 11.1. The lowest BCUT2D eigenvalue weighted by Crippen LogP contribution is -2.45. The van der Waals surface area contributed by atoms with Crippen molar-refractivity contribution < 1.29 is 8.42 Å². The highest BCUT2D eigenvalue weighted by atomic mass is 32.2. The summed E-state index contributed by atoms with van der Waals surface area (Å²) in [5.41, 5.74) is 0.